The number of phenols is 1. The zero-order valence-corrected chi connectivity index (χ0v) is 16.6. The summed E-state index contributed by atoms with van der Waals surface area (Å²) in [6, 6.07) is 3.90. The molecule has 2 aromatic rings. The fraction of sp³-hybridized carbons (Fsp3) is 0.476. The highest BCUT2D eigenvalue weighted by Gasteiger charge is 2.25. The number of nitrogens with zero attached hydrogens (tertiary/aromatic N) is 2. The second kappa shape index (κ2) is 7.44. The van der Waals surface area contributed by atoms with Crippen molar-refractivity contribution in [2.75, 3.05) is 5.32 Å². The number of hydrogen-bond acceptors (Lipinski definition) is 4. The molecular weight excluding hydrogens is 326 g/mol. The summed E-state index contributed by atoms with van der Waals surface area (Å²) in [6.45, 7) is 12.5. The van der Waals surface area contributed by atoms with Crippen LogP contribution in [0.1, 0.15) is 64.7 Å². The number of anilines is 1. The van der Waals surface area contributed by atoms with Gasteiger partial charge in [0.05, 0.1) is 5.69 Å². The number of carbonyl (C=O) groups is 1. The Morgan fingerprint density at radius 1 is 1.04 bits per heavy atom. The van der Waals surface area contributed by atoms with Crippen molar-refractivity contribution in [1.29, 1.82) is 0 Å². The van der Waals surface area contributed by atoms with Crippen LogP contribution in [0.15, 0.2) is 30.9 Å². The quantitative estimate of drug-likeness (QED) is 0.800. The van der Waals surface area contributed by atoms with Gasteiger partial charge in [-0.2, -0.15) is 0 Å². The molecule has 0 atom stereocenters. The Labute approximate surface area is 155 Å². The van der Waals surface area contributed by atoms with E-state index >= 15 is 0 Å². The topological polar surface area (TPSA) is 75.1 Å². The highest BCUT2D eigenvalue weighted by Crippen LogP contribution is 2.40. The monoisotopic (exact) mass is 355 g/mol. The fourth-order valence-corrected chi connectivity index (χ4v) is 2.66. The maximum atomic E-state index is 12.4. The number of nitrogens with one attached hydrogen (secondary N) is 1. The van der Waals surface area contributed by atoms with Gasteiger partial charge in [-0.05, 0) is 34.4 Å². The van der Waals surface area contributed by atoms with Crippen molar-refractivity contribution >= 4 is 11.6 Å². The molecule has 26 heavy (non-hydrogen) atoms. The van der Waals surface area contributed by atoms with E-state index in [1.165, 1.54) is 6.33 Å². The minimum atomic E-state index is -0.230. The Morgan fingerprint density at radius 3 is 2.19 bits per heavy atom. The molecule has 0 aliphatic rings. The van der Waals surface area contributed by atoms with E-state index in [1.54, 1.807) is 12.4 Å². The van der Waals surface area contributed by atoms with Gasteiger partial charge in [-0.15, -0.1) is 0 Å². The average Bonchev–Trinajstić information content (AvgIpc) is 2.53. The van der Waals surface area contributed by atoms with E-state index in [1.807, 2.05) is 12.1 Å². The van der Waals surface area contributed by atoms with Gasteiger partial charge in [-0.3, -0.25) is 4.79 Å². The van der Waals surface area contributed by atoms with Crippen LogP contribution in [0, 0.1) is 0 Å². The summed E-state index contributed by atoms with van der Waals surface area (Å²) in [6.07, 6.45) is 5.73. The van der Waals surface area contributed by atoms with Crippen molar-refractivity contribution in [2.45, 2.75) is 65.2 Å². The van der Waals surface area contributed by atoms with Crippen LogP contribution in [0.2, 0.25) is 0 Å². The number of aromatic hydroxyl groups is 1. The van der Waals surface area contributed by atoms with Crippen LogP contribution in [-0.4, -0.2) is 21.0 Å². The van der Waals surface area contributed by atoms with Gasteiger partial charge in [0.1, 0.15) is 12.1 Å². The SMILES string of the molecule is CC(C)(C)c1cc(NC(=O)CCc2cncnc2)c(O)c(C(C)(C)C)c1. The van der Waals surface area contributed by atoms with E-state index in [2.05, 4.69) is 56.8 Å². The predicted molar refractivity (Wildman–Crippen MR) is 104 cm³/mol. The molecule has 0 bridgehead atoms. The maximum absolute atomic E-state index is 12.4. The van der Waals surface area contributed by atoms with Crippen LogP contribution in [0.25, 0.3) is 0 Å². The van der Waals surface area contributed by atoms with Gasteiger partial charge in [-0.1, -0.05) is 47.6 Å². The summed E-state index contributed by atoms with van der Waals surface area (Å²) in [5.41, 5.74) is 2.96. The van der Waals surface area contributed by atoms with Gasteiger partial charge in [-0.25, -0.2) is 9.97 Å². The Hall–Kier alpha value is -2.43. The van der Waals surface area contributed by atoms with Crippen molar-refractivity contribution in [2.24, 2.45) is 0 Å². The molecule has 0 aliphatic heterocycles. The summed E-state index contributed by atoms with van der Waals surface area (Å²) in [4.78, 5) is 20.3. The van der Waals surface area contributed by atoms with Crippen molar-refractivity contribution in [3.05, 3.63) is 47.5 Å². The molecule has 0 fully saturated rings. The Bertz CT molecular complexity index is 772. The average molecular weight is 355 g/mol. The first-order valence-corrected chi connectivity index (χ1v) is 8.90. The van der Waals surface area contributed by atoms with Crippen LogP contribution >= 0.6 is 0 Å². The number of carbonyl (C=O) groups excluding carboxylic acids is 1. The molecule has 0 saturated carbocycles. The number of benzene rings is 1. The molecule has 5 nitrogen and oxygen atoms in total. The second-order valence-electron chi connectivity index (χ2n) is 8.71. The minimum Gasteiger partial charge on any atom is -0.505 e. The standard InChI is InChI=1S/C21H29N3O2/c1-20(2,3)15-9-16(21(4,5)6)19(26)17(10-15)24-18(25)8-7-14-11-22-13-23-12-14/h9-13,26H,7-8H2,1-6H3,(H,24,25). The second-order valence-corrected chi connectivity index (χ2v) is 8.71. The van der Waals surface area contributed by atoms with Crippen molar-refractivity contribution in [1.82, 2.24) is 9.97 Å². The van der Waals surface area contributed by atoms with Crippen LogP contribution in [0.4, 0.5) is 5.69 Å². The number of aryl methyl sites for hydroxylation is 1. The Balaban J connectivity index is 2.25. The Morgan fingerprint density at radius 2 is 1.65 bits per heavy atom. The molecule has 5 heteroatoms. The molecule has 2 N–H and O–H groups in total. The van der Waals surface area contributed by atoms with Gasteiger partial charge in [0.25, 0.3) is 0 Å². The van der Waals surface area contributed by atoms with Crippen LogP contribution in [-0.2, 0) is 22.0 Å². The third-order valence-corrected chi connectivity index (χ3v) is 4.31. The zero-order chi connectivity index (χ0) is 19.5. The van der Waals surface area contributed by atoms with Gasteiger partial charge >= 0.3 is 0 Å². The fourth-order valence-electron chi connectivity index (χ4n) is 2.66. The molecule has 0 unspecified atom stereocenters. The molecule has 0 saturated heterocycles. The molecule has 0 radical (unpaired) electrons. The van der Waals surface area contributed by atoms with Crippen LogP contribution in [0.3, 0.4) is 0 Å². The highest BCUT2D eigenvalue weighted by molar-refractivity contribution is 5.93. The van der Waals surface area contributed by atoms with Gasteiger partial charge in [0.15, 0.2) is 0 Å². The van der Waals surface area contributed by atoms with Gasteiger partial charge < -0.3 is 10.4 Å². The summed E-state index contributed by atoms with van der Waals surface area (Å²) >= 11 is 0. The zero-order valence-electron chi connectivity index (χ0n) is 16.6. The maximum Gasteiger partial charge on any atom is 0.224 e. The summed E-state index contributed by atoms with van der Waals surface area (Å²) in [7, 11) is 0. The molecule has 140 valence electrons. The lowest BCUT2D eigenvalue weighted by Crippen LogP contribution is -2.19. The normalized spacial score (nSPS) is 12.1. The van der Waals surface area contributed by atoms with Crippen molar-refractivity contribution in [3.63, 3.8) is 0 Å². The third kappa shape index (κ3) is 5.04. The van der Waals surface area contributed by atoms with E-state index < -0.39 is 0 Å². The number of phenolic OH excluding ortho intramolecular Hbond substituents is 1. The largest absolute Gasteiger partial charge is 0.505 e. The molecule has 0 aliphatic carbocycles. The lowest BCUT2D eigenvalue weighted by Gasteiger charge is -2.27. The van der Waals surface area contributed by atoms with E-state index in [-0.39, 0.29) is 22.5 Å². The lowest BCUT2D eigenvalue weighted by molar-refractivity contribution is -0.116. The Kier molecular flexibility index (Phi) is 5.69. The smallest absolute Gasteiger partial charge is 0.224 e. The number of aromatic nitrogens is 2. The van der Waals surface area contributed by atoms with E-state index in [0.29, 0.717) is 18.5 Å². The van der Waals surface area contributed by atoms with E-state index in [9.17, 15) is 9.90 Å². The summed E-state index contributed by atoms with van der Waals surface area (Å²) in [5.74, 6) is -0.00281. The van der Waals surface area contributed by atoms with Gasteiger partial charge in [0, 0.05) is 24.4 Å². The molecule has 1 amide bonds. The van der Waals surface area contributed by atoms with Crippen molar-refractivity contribution < 1.29 is 9.90 Å². The summed E-state index contributed by atoms with van der Waals surface area (Å²) < 4.78 is 0. The first-order valence-electron chi connectivity index (χ1n) is 8.90. The van der Waals surface area contributed by atoms with Gasteiger partial charge in [0.2, 0.25) is 5.91 Å². The lowest BCUT2D eigenvalue weighted by atomic mass is 9.79. The number of amides is 1. The van der Waals surface area contributed by atoms with E-state index in [4.69, 9.17) is 0 Å². The van der Waals surface area contributed by atoms with Crippen LogP contribution < -0.4 is 5.32 Å². The predicted octanol–water partition coefficient (Wildman–Crippen LogP) is 4.35. The number of rotatable bonds is 4. The van der Waals surface area contributed by atoms with Crippen molar-refractivity contribution in [3.8, 4) is 5.75 Å². The summed E-state index contributed by atoms with van der Waals surface area (Å²) in [5, 5.41) is 13.6. The molecular formula is C21H29N3O2. The van der Waals surface area contributed by atoms with Crippen LogP contribution in [0.5, 0.6) is 5.75 Å². The first kappa shape index (κ1) is 19.9. The molecule has 1 heterocycles. The third-order valence-electron chi connectivity index (χ3n) is 4.31. The molecule has 1 aromatic heterocycles. The molecule has 0 spiro atoms. The molecule has 1 aromatic carbocycles. The van der Waals surface area contributed by atoms with E-state index in [0.717, 1.165) is 16.7 Å². The number of hydrogen-bond donors (Lipinski definition) is 2. The molecule has 2 rings (SSSR count). The highest BCUT2D eigenvalue weighted by atomic mass is 16.3. The minimum absolute atomic E-state index is 0.0887. The first-order chi connectivity index (χ1) is 12.0.